The van der Waals surface area contributed by atoms with Crippen molar-refractivity contribution in [3.8, 4) is 11.4 Å². The van der Waals surface area contributed by atoms with Crippen molar-refractivity contribution in [1.29, 1.82) is 0 Å². The van der Waals surface area contributed by atoms with Crippen LogP contribution < -0.4 is 4.87 Å². The number of thiazole rings is 1. The maximum Gasteiger partial charge on any atom is 0.308 e. The summed E-state index contributed by atoms with van der Waals surface area (Å²) in [5, 5.41) is 9.41. The Hall–Kier alpha value is -2.26. The molecule has 0 fully saturated rings. The molecule has 0 saturated carbocycles. The first-order chi connectivity index (χ1) is 11.1. The van der Waals surface area contributed by atoms with Gasteiger partial charge in [-0.15, -0.1) is 0 Å². The van der Waals surface area contributed by atoms with Crippen LogP contribution >= 0.6 is 22.7 Å². The van der Waals surface area contributed by atoms with Gasteiger partial charge in [0.15, 0.2) is 6.61 Å². The molecule has 0 aromatic carbocycles. The highest BCUT2D eigenvalue weighted by molar-refractivity contribution is 7.08. The monoisotopic (exact) mass is 351 g/mol. The lowest BCUT2D eigenvalue weighted by molar-refractivity contribution is -0.146. The van der Waals surface area contributed by atoms with Gasteiger partial charge in [-0.25, -0.2) is 0 Å². The van der Waals surface area contributed by atoms with Gasteiger partial charge in [0.2, 0.25) is 5.82 Å². The van der Waals surface area contributed by atoms with Gasteiger partial charge in [-0.1, -0.05) is 16.5 Å². The number of hydrogen-bond donors (Lipinski definition) is 0. The molecule has 0 aliphatic heterocycles. The van der Waals surface area contributed by atoms with Gasteiger partial charge in [0.1, 0.15) is 0 Å². The third-order valence-electron chi connectivity index (χ3n) is 3.12. The molecule has 0 aliphatic carbocycles. The van der Waals surface area contributed by atoms with Crippen LogP contribution in [0.2, 0.25) is 0 Å². The lowest BCUT2D eigenvalue weighted by atomic mass is 10.3. The van der Waals surface area contributed by atoms with E-state index in [9.17, 15) is 9.59 Å². The molecule has 9 heteroatoms. The van der Waals surface area contributed by atoms with Gasteiger partial charge >= 0.3 is 10.8 Å². The van der Waals surface area contributed by atoms with Crippen molar-refractivity contribution in [2.24, 2.45) is 0 Å². The zero-order valence-corrected chi connectivity index (χ0v) is 13.9. The fourth-order valence-electron chi connectivity index (χ4n) is 1.91. The molecule has 7 nitrogen and oxygen atoms in total. The lowest BCUT2D eigenvalue weighted by Gasteiger charge is -2.04. The molecule has 0 spiro atoms. The molecule has 0 bridgehead atoms. The average Bonchev–Trinajstić information content (AvgIpc) is 3.25. The number of carbonyl (C=O) groups excluding carboxylic acids is 1. The largest absolute Gasteiger partial charge is 0.456 e. The highest BCUT2D eigenvalue weighted by Gasteiger charge is 2.12. The summed E-state index contributed by atoms with van der Waals surface area (Å²) in [4.78, 5) is 27.4. The van der Waals surface area contributed by atoms with Gasteiger partial charge in [-0.05, 0) is 18.4 Å². The zero-order chi connectivity index (χ0) is 16.2. The van der Waals surface area contributed by atoms with E-state index in [1.807, 2.05) is 23.8 Å². The Bertz CT molecular complexity index is 848. The summed E-state index contributed by atoms with van der Waals surface area (Å²) in [6.07, 6.45) is 0.114. The summed E-state index contributed by atoms with van der Waals surface area (Å²) in [7, 11) is 0. The molecule has 3 rings (SSSR count). The number of carbonyl (C=O) groups is 1. The van der Waals surface area contributed by atoms with Crippen molar-refractivity contribution in [2.75, 3.05) is 0 Å². The lowest BCUT2D eigenvalue weighted by Crippen LogP contribution is -2.17. The zero-order valence-electron chi connectivity index (χ0n) is 12.2. The minimum Gasteiger partial charge on any atom is -0.456 e. The van der Waals surface area contributed by atoms with E-state index < -0.39 is 5.97 Å². The van der Waals surface area contributed by atoms with E-state index in [0.29, 0.717) is 12.4 Å². The molecule has 0 unspecified atom stereocenters. The molecular formula is C14H13N3O4S2. The Labute approximate surface area is 139 Å². The second-order valence-corrected chi connectivity index (χ2v) is 6.33. The maximum absolute atomic E-state index is 11.7. The van der Waals surface area contributed by atoms with Crippen molar-refractivity contribution >= 4 is 28.6 Å². The number of rotatable bonds is 6. The topological polar surface area (TPSA) is 87.2 Å². The van der Waals surface area contributed by atoms with Gasteiger partial charge in [0, 0.05) is 28.6 Å². The molecular weight excluding hydrogens is 338 g/mol. The van der Waals surface area contributed by atoms with E-state index in [1.54, 1.807) is 9.95 Å². The number of aromatic nitrogens is 3. The van der Waals surface area contributed by atoms with Gasteiger partial charge in [-0.2, -0.15) is 16.3 Å². The van der Waals surface area contributed by atoms with E-state index in [-0.39, 0.29) is 23.8 Å². The molecule has 0 radical (unpaired) electrons. The Balaban J connectivity index is 1.50. The van der Waals surface area contributed by atoms with Gasteiger partial charge in [0.05, 0.1) is 6.42 Å². The Morgan fingerprint density at radius 2 is 2.30 bits per heavy atom. The fraction of sp³-hybridized carbons (Fsp3) is 0.286. The Kier molecular flexibility index (Phi) is 4.68. The summed E-state index contributed by atoms with van der Waals surface area (Å²) in [6.45, 7) is 2.05. The number of aryl methyl sites for hydroxylation is 1. The van der Waals surface area contributed by atoms with E-state index in [1.165, 1.54) is 11.3 Å². The van der Waals surface area contributed by atoms with Gasteiger partial charge in [0.25, 0.3) is 5.89 Å². The molecule has 120 valence electrons. The smallest absolute Gasteiger partial charge is 0.308 e. The highest BCUT2D eigenvalue weighted by Crippen LogP contribution is 2.18. The van der Waals surface area contributed by atoms with Crippen LogP contribution in [0, 0.1) is 6.92 Å². The second kappa shape index (κ2) is 6.88. The van der Waals surface area contributed by atoms with E-state index in [0.717, 1.165) is 22.6 Å². The SMILES string of the molecule is Cc1csc(=O)n1CCC(=O)OCc1nc(-c2ccsc2)no1. The quantitative estimate of drug-likeness (QED) is 0.634. The molecule has 3 aromatic heterocycles. The first kappa shape index (κ1) is 15.6. The van der Waals surface area contributed by atoms with Crippen LogP contribution in [0.15, 0.2) is 31.5 Å². The molecule has 0 aliphatic rings. The summed E-state index contributed by atoms with van der Waals surface area (Å²) < 4.78 is 11.7. The number of esters is 1. The second-order valence-electron chi connectivity index (χ2n) is 4.73. The predicted molar refractivity (Wildman–Crippen MR) is 85.3 cm³/mol. The number of nitrogens with zero attached hydrogens (tertiary/aromatic N) is 3. The number of hydrogen-bond acceptors (Lipinski definition) is 8. The van der Waals surface area contributed by atoms with Crippen LogP contribution in [0.1, 0.15) is 18.0 Å². The normalized spacial score (nSPS) is 10.8. The van der Waals surface area contributed by atoms with E-state index in [4.69, 9.17) is 9.26 Å². The first-order valence-corrected chi connectivity index (χ1v) is 8.61. The molecule has 3 heterocycles. The minimum absolute atomic E-state index is 0.0759. The van der Waals surface area contributed by atoms with Crippen molar-refractivity contribution in [3.05, 3.63) is 43.5 Å². The van der Waals surface area contributed by atoms with Gasteiger partial charge in [-0.3, -0.25) is 9.59 Å². The van der Waals surface area contributed by atoms with Crippen molar-refractivity contribution < 1.29 is 14.1 Å². The molecule has 0 atom stereocenters. The first-order valence-electron chi connectivity index (χ1n) is 6.79. The fourth-order valence-corrected chi connectivity index (χ4v) is 3.31. The molecule has 23 heavy (non-hydrogen) atoms. The molecule has 3 aromatic rings. The summed E-state index contributed by atoms with van der Waals surface area (Å²) >= 11 is 2.65. The van der Waals surface area contributed by atoms with Crippen LogP contribution in [0.25, 0.3) is 11.4 Å². The van der Waals surface area contributed by atoms with Crippen molar-refractivity contribution in [3.63, 3.8) is 0 Å². The summed E-state index contributed by atoms with van der Waals surface area (Å²) in [5.41, 5.74) is 1.70. The number of ether oxygens (including phenoxy) is 1. The number of thiophene rings is 1. The van der Waals surface area contributed by atoms with Crippen molar-refractivity contribution in [1.82, 2.24) is 14.7 Å². The minimum atomic E-state index is -0.419. The third kappa shape index (κ3) is 3.74. The predicted octanol–water partition coefficient (Wildman–Crippen LogP) is 2.46. The molecule has 0 amide bonds. The van der Waals surface area contributed by atoms with Crippen LogP contribution in [0.3, 0.4) is 0 Å². The Morgan fingerprint density at radius 1 is 1.43 bits per heavy atom. The van der Waals surface area contributed by atoms with E-state index >= 15 is 0 Å². The van der Waals surface area contributed by atoms with Crippen molar-refractivity contribution in [2.45, 2.75) is 26.5 Å². The average molecular weight is 351 g/mol. The molecule has 0 saturated heterocycles. The summed E-state index contributed by atoms with van der Waals surface area (Å²) in [5.74, 6) is 0.291. The molecule has 0 N–H and O–H groups in total. The maximum atomic E-state index is 11.7. The van der Waals surface area contributed by atoms with Crippen LogP contribution in [-0.4, -0.2) is 20.7 Å². The Morgan fingerprint density at radius 3 is 3.00 bits per heavy atom. The van der Waals surface area contributed by atoms with Crippen LogP contribution in [0.4, 0.5) is 0 Å². The summed E-state index contributed by atoms with van der Waals surface area (Å²) in [6, 6.07) is 1.88. The third-order valence-corrected chi connectivity index (χ3v) is 4.68. The van der Waals surface area contributed by atoms with E-state index in [2.05, 4.69) is 10.1 Å². The standard InChI is InChI=1S/C14H13N3O4S2/c1-9-7-23-14(19)17(9)4-2-12(18)20-6-11-15-13(16-21-11)10-3-5-22-8-10/h3,5,7-8H,2,4,6H2,1H3. The highest BCUT2D eigenvalue weighted by atomic mass is 32.1. The van der Waals surface area contributed by atoms with Crippen LogP contribution in [0.5, 0.6) is 0 Å². The van der Waals surface area contributed by atoms with Crippen LogP contribution in [-0.2, 0) is 22.7 Å². The van der Waals surface area contributed by atoms with Gasteiger partial charge < -0.3 is 13.8 Å².